The smallest absolute Gasteiger partial charge is 0.240 e. The predicted molar refractivity (Wildman–Crippen MR) is 95.5 cm³/mol. The lowest BCUT2D eigenvalue weighted by atomic mass is 10.1. The van der Waals surface area contributed by atoms with E-state index in [1.165, 1.54) is 0 Å². The highest BCUT2D eigenvalue weighted by molar-refractivity contribution is 7.89. The van der Waals surface area contributed by atoms with E-state index >= 15 is 0 Å². The highest BCUT2D eigenvalue weighted by Gasteiger charge is 2.17. The van der Waals surface area contributed by atoms with Gasteiger partial charge in [-0.05, 0) is 50.1 Å². The van der Waals surface area contributed by atoms with Crippen molar-refractivity contribution in [1.82, 2.24) is 4.72 Å². The van der Waals surface area contributed by atoms with Gasteiger partial charge < -0.3 is 10.5 Å². The van der Waals surface area contributed by atoms with Crippen LogP contribution < -0.4 is 15.2 Å². The van der Waals surface area contributed by atoms with Gasteiger partial charge in [0.2, 0.25) is 10.0 Å². The molecule has 0 amide bonds. The average molecular weight is 348 g/mol. The van der Waals surface area contributed by atoms with Crippen LogP contribution in [0.3, 0.4) is 0 Å². The van der Waals surface area contributed by atoms with Gasteiger partial charge >= 0.3 is 0 Å². The van der Waals surface area contributed by atoms with Gasteiger partial charge in [-0.25, -0.2) is 13.1 Å². The van der Waals surface area contributed by atoms with Gasteiger partial charge in [-0.2, -0.15) is 0 Å². The molecule has 0 aliphatic heterocycles. The Labute approximate surface area is 143 Å². The molecule has 2 rings (SSSR count). The zero-order valence-corrected chi connectivity index (χ0v) is 15.0. The van der Waals surface area contributed by atoms with Crippen molar-refractivity contribution in [2.24, 2.45) is 5.73 Å². The zero-order chi connectivity index (χ0) is 17.7. The highest BCUT2D eigenvalue weighted by Crippen LogP contribution is 2.23. The van der Waals surface area contributed by atoms with E-state index in [0.29, 0.717) is 5.75 Å². The zero-order valence-electron chi connectivity index (χ0n) is 14.2. The number of nitrogens with two attached hydrogens (primary N) is 1. The number of rotatable bonds is 7. The summed E-state index contributed by atoms with van der Waals surface area (Å²) in [4.78, 5) is 0.205. The Hall–Kier alpha value is -1.89. The second-order valence-corrected chi connectivity index (χ2v) is 7.73. The molecule has 0 aromatic heterocycles. The predicted octanol–water partition coefficient (Wildman–Crippen LogP) is 2.76. The standard InChI is InChI=1S/C18H24N2O3S/c1-13(2)23-18-10-9-16(11-14(18)3)24(21,22)20-12-17(19)15-7-5-4-6-8-15/h4-11,13,17,20H,12,19H2,1-3H3. The first-order chi connectivity index (χ1) is 11.3. The van der Waals surface area contributed by atoms with Crippen LogP contribution in [-0.2, 0) is 10.0 Å². The van der Waals surface area contributed by atoms with Crippen LogP contribution in [0.15, 0.2) is 53.4 Å². The SMILES string of the molecule is Cc1cc(S(=O)(=O)NCC(N)c2ccccc2)ccc1OC(C)C. The minimum atomic E-state index is -3.62. The molecule has 0 radical (unpaired) electrons. The van der Waals surface area contributed by atoms with Gasteiger partial charge in [0.05, 0.1) is 11.0 Å². The van der Waals surface area contributed by atoms with Gasteiger partial charge in [0, 0.05) is 12.6 Å². The summed E-state index contributed by atoms with van der Waals surface area (Å²) in [5.41, 5.74) is 7.71. The summed E-state index contributed by atoms with van der Waals surface area (Å²) >= 11 is 0. The van der Waals surface area contributed by atoms with Gasteiger partial charge in [-0.15, -0.1) is 0 Å². The minimum Gasteiger partial charge on any atom is -0.491 e. The monoisotopic (exact) mass is 348 g/mol. The van der Waals surface area contributed by atoms with Crippen molar-refractivity contribution >= 4 is 10.0 Å². The lowest BCUT2D eigenvalue weighted by Gasteiger charge is -2.15. The third kappa shape index (κ3) is 4.80. The van der Waals surface area contributed by atoms with Crippen molar-refractivity contribution in [1.29, 1.82) is 0 Å². The van der Waals surface area contributed by atoms with E-state index in [1.807, 2.05) is 51.1 Å². The number of aryl methyl sites for hydroxylation is 1. The van der Waals surface area contributed by atoms with Gasteiger partial charge in [0.25, 0.3) is 0 Å². The van der Waals surface area contributed by atoms with Crippen LogP contribution in [0, 0.1) is 6.92 Å². The number of hydrogen-bond donors (Lipinski definition) is 2. The fraction of sp³-hybridized carbons (Fsp3) is 0.333. The van der Waals surface area contributed by atoms with Crippen LogP contribution in [0.2, 0.25) is 0 Å². The average Bonchev–Trinajstić information content (AvgIpc) is 2.55. The van der Waals surface area contributed by atoms with Crippen LogP contribution >= 0.6 is 0 Å². The molecule has 2 aromatic rings. The van der Waals surface area contributed by atoms with Crippen LogP contribution in [0.1, 0.15) is 31.0 Å². The molecule has 0 heterocycles. The molecule has 0 aliphatic carbocycles. The Morgan fingerprint density at radius 1 is 1.12 bits per heavy atom. The summed E-state index contributed by atoms with van der Waals surface area (Å²) < 4.78 is 33.1. The molecule has 0 fully saturated rings. The Morgan fingerprint density at radius 3 is 2.38 bits per heavy atom. The van der Waals surface area contributed by atoms with Gasteiger partial charge in [0.1, 0.15) is 5.75 Å². The molecule has 6 heteroatoms. The molecule has 24 heavy (non-hydrogen) atoms. The van der Waals surface area contributed by atoms with Crippen molar-refractivity contribution in [2.45, 2.75) is 37.8 Å². The molecule has 130 valence electrons. The summed E-state index contributed by atoms with van der Waals surface area (Å²) in [6.07, 6.45) is 0.0353. The normalized spacial score (nSPS) is 13.0. The first kappa shape index (κ1) is 18.4. The molecule has 0 aliphatic rings. The first-order valence-corrected chi connectivity index (χ1v) is 9.35. The van der Waals surface area contributed by atoms with E-state index in [-0.39, 0.29) is 17.5 Å². The largest absolute Gasteiger partial charge is 0.491 e. The number of hydrogen-bond acceptors (Lipinski definition) is 4. The summed E-state index contributed by atoms with van der Waals surface area (Å²) in [5, 5.41) is 0. The fourth-order valence-corrected chi connectivity index (χ4v) is 3.42. The van der Waals surface area contributed by atoms with E-state index in [0.717, 1.165) is 11.1 Å². The van der Waals surface area contributed by atoms with Crippen molar-refractivity contribution in [3.05, 3.63) is 59.7 Å². The number of sulfonamides is 1. The maximum Gasteiger partial charge on any atom is 0.240 e. The molecule has 0 bridgehead atoms. The van der Waals surface area contributed by atoms with Crippen LogP contribution in [0.5, 0.6) is 5.75 Å². The van der Waals surface area contributed by atoms with E-state index < -0.39 is 16.1 Å². The summed E-state index contributed by atoms with van der Waals surface area (Å²) in [5.74, 6) is 0.685. The van der Waals surface area contributed by atoms with E-state index in [9.17, 15) is 8.42 Å². The highest BCUT2D eigenvalue weighted by atomic mass is 32.2. The van der Waals surface area contributed by atoms with Gasteiger partial charge in [0.15, 0.2) is 0 Å². The summed E-state index contributed by atoms with van der Waals surface area (Å²) in [7, 11) is -3.62. The molecule has 0 saturated heterocycles. The number of ether oxygens (including phenoxy) is 1. The minimum absolute atomic E-state index is 0.0353. The van der Waals surface area contributed by atoms with Crippen LogP contribution in [-0.4, -0.2) is 21.1 Å². The van der Waals surface area contributed by atoms with Gasteiger partial charge in [-0.3, -0.25) is 0 Å². The second kappa shape index (κ2) is 7.79. The van der Waals surface area contributed by atoms with E-state index in [1.54, 1.807) is 18.2 Å². The molecule has 5 nitrogen and oxygen atoms in total. The maximum absolute atomic E-state index is 12.4. The number of benzene rings is 2. The molecule has 2 aromatic carbocycles. The van der Waals surface area contributed by atoms with Crippen molar-refractivity contribution in [3.63, 3.8) is 0 Å². The maximum atomic E-state index is 12.4. The van der Waals surface area contributed by atoms with Crippen molar-refractivity contribution < 1.29 is 13.2 Å². The Balaban J connectivity index is 2.09. The van der Waals surface area contributed by atoms with Gasteiger partial charge in [-0.1, -0.05) is 30.3 Å². The second-order valence-electron chi connectivity index (χ2n) is 5.96. The van der Waals surface area contributed by atoms with E-state index in [4.69, 9.17) is 10.5 Å². The molecule has 1 atom stereocenters. The Morgan fingerprint density at radius 2 is 1.79 bits per heavy atom. The van der Waals surface area contributed by atoms with E-state index in [2.05, 4.69) is 4.72 Å². The van der Waals surface area contributed by atoms with Crippen molar-refractivity contribution in [3.8, 4) is 5.75 Å². The lowest BCUT2D eigenvalue weighted by Crippen LogP contribution is -2.32. The summed E-state index contributed by atoms with van der Waals surface area (Å²) in [6.45, 7) is 5.81. The molecule has 3 N–H and O–H groups in total. The fourth-order valence-electron chi connectivity index (χ4n) is 2.28. The third-order valence-corrected chi connectivity index (χ3v) is 4.96. The molecule has 0 spiro atoms. The number of nitrogens with one attached hydrogen (secondary N) is 1. The molecular weight excluding hydrogens is 324 g/mol. The van der Waals surface area contributed by atoms with Crippen LogP contribution in [0.4, 0.5) is 0 Å². The third-order valence-electron chi connectivity index (χ3n) is 3.54. The summed E-state index contributed by atoms with van der Waals surface area (Å²) in [6, 6.07) is 13.8. The molecule has 1 unspecified atom stereocenters. The molecule has 0 saturated carbocycles. The Bertz CT molecular complexity index is 774. The molecular formula is C18H24N2O3S. The quantitative estimate of drug-likeness (QED) is 0.806. The first-order valence-electron chi connectivity index (χ1n) is 7.87. The Kier molecular flexibility index (Phi) is 5.99. The topological polar surface area (TPSA) is 81.4 Å². The lowest BCUT2D eigenvalue weighted by molar-refractivity contribution is 0.240. The van der Waals surface area contributed by atoms with Crippen molar-refractivity contribution in [2.75, 3.05) is 6.54 Å². The van der Waals surface area contributed by atoms with Crippen LogP contribution in [0.25, 0.3) is 0 Å².